The Morgan fingerprint density at radius 1 is 1.12 bits per heavy atom. The standard InChI is InChI=1S/C22H24F3N5OS/c1-15(29(2)3)20-27-28-21(30(20)13-16-8-5-4-6-9-16)32-14-19(31)26-18-11-7-10-17(12-18)22(23,24)25/h4-12,15H,13-14H2,1-3H3,(H,26,31)/t15-/m1/s1. The van der Waals surface area contributed by atoms with Gasteiger partial charge in [-0.3, -0.25) is 9.69 Å². The van der Waals surface area contributed by atoms with Crippen LogP contribution in [-0.4, -0.2) is 45.4 Å². The van der Waals surface area contributed by atoms with Crippen molar-refractivity contribution in [1.29, 1.82) is 0 Å². The van der Waals surface area contributed by atoms with Crippen LogP contribution in [0.3, 0.4) is 0 Å². The van der Waals surface area contributed by atoms with Crippen molar-refractivity contribution < 1.29 is 18.0 Å². The molecule has 1 aromatic heterocycles. The predicted molar refractivity (Wildman–Crippen MR) is 118 cm³/mol. The summed E-state index contributed by atoms with van der Waals surface area (Å²) in [7, 11) is 3.89. The number of halogens is 3. The van der Waals surface area contributed by atoms with Gasteiger partial charge in [0.05, 0.1) is 23.9 Å². The van der Waals surface area contributed by atoms with Gasteiger partial charge < -0.3 is 9.88 Å². The number of hydrogen-bond donors (Lipinski definition) is 1. The molecule has 1 heterocycles. The van der Waals surface area contributed by atoms with E-state index >= 15 is 0 Å². The molecule has 0 unspecified atom stereocenters. The van der Waals surface area contributed by atoms with E-state index in [4.69, 9.17) is 0 Å². The molecule has 0 radical (unpaired) electrons. The molecule has 170 valence electrons. The van der Waals surface area contributed by atoms with E-state index in [-0.39, 0.29) is 17.5 Å². The number of anilines is 1. The summed E-state index contributed by atoms with van der Waals surface area (Å²) in [5.74, 6) is 0.324. The number of carbonyl (C=O) groups is 1. The highest BCUT2D eigenvalue weighted by atomic mass is 32.2. The van der Waals surface area contributed by atoms with Gasteiger partial charge in [0.25, 0.3) is 0 Å². The van der Waals surface area contributed by atoms with E-state index in [2.05, 4.69) is 15.5 Å². The topological polar surface area (TPSA) is 63.1 Å². The molecule has 0 bridgehead atoms. The lowest BCUT2D eigenvalue weighted by molar-refractivity contribution is -0.137. The minimum atomic E-state index is -4.47. The lowest BCUT2D eigenvalue weighted by Crippen LogP contribution is -2.21. The van der Waals surface area contributed by atoms with E-state index in [1.165, 1.54) is 23.9 Å². The van der Waals surface area contributed by atoms with Gasteiger partial charge >= 0.3 is 6.18 Å². The maximum Gasteiger partial charge on any atom is 0.416 e. The first-order chi connectivity index (χ1) is 15.1. The van der Waals surface area contributed by atoms with Crippen molar-refractivity contribution in [2.45, 2.75) is 30.8 Å². The zero-order chi connectivity index (χ0) is 23.3. The summed E-state index contributed by atoms with van der Waals surface area (Å²) in [6.45, 7) is 2.55. The number of alkyl halides is 3. The molecule has 0 fully saturated rings. The smallest absolute Gasteiger partial charge is 0.325 e. The van der Waals surface area contributed by atoms with Crippen LogP contribution >= 0.6 is 11.8 Å². The minimum Gasteiger partial charge on any atom is -0.325 e. The van der Waals surface area contributed by atoms with Crippen molar-refractivity contribution in [3.8, 4) is 0 Å². The number of rotatable bonds is 8. The Hall–Kier alpha value is -2.85. The van der Waals surface area contributed by atoms with Crippen molar-refractivity contribution in [1.82, 2.24) is 19.7 Å². The molecule has 0 aliphatic rings. The molecule has 3 aromatic rings. The molecule has 32 heavy (non-hydrogen) atoms. The van der Waals surface area contributed by atoms with Gasteiger partial charge in [-0.1, -0.05) is 48.2 Å². The number of amides is 1. The Labute approximate surface area is 188 Å². The number of aromatic nitrogens is 3. The average Bonchev–Trinajstić information content (AvgIpc) is 3.14. The molecule has 0 saturated heterocycles. The Morgan fingerprint density at radius 2 is 1.84 bits per heavy atom. The minimum absolute atomic E-state index is 0.000466. The first kappa shape index (κ1) is 23.8. The maximum atomic E-state index is 12.9. The van der Waals surface area contributed by atoms with Crippen LogP contribution in [0.2, 0.25) is 0 Å². The van der Waals surface area contributed by atoms with Gasteiger partial charge in [0.2, 0.25) is 5.91 Å². The van der Waals surface area contributed by atoms with Crippen molar-refractivity contribution in [3.05, 3.63) is 71.5 Å². The molecule has 6 nitrogen and oxygen atoms in total. The summed E-state index contributed by atoms with van der Waals surface area (Å²) in [4.78, 5) is 14.4. The fourth-order valence-electron chi connectivity index (χ4n) is 2.96. The summed E-state index contributed by atoms with van der Waals surface area (Å²) in [5.41, 5.74) is 0.348. The van der Waals surface area contributed by atoms with Crippen LogP contribution in [0.15, 0.2) is 59.8 Å². The highest BCUT2D eigenvalue weighted by Gasteiger charge is 2.30. The fourth-order valence-corrected chi connectivity index (χ4v) is 3.71. The van der Waals surface area contributed by atoms with E-state index in [0.717, 1.165) is 23.5 Å². The normalized spacial score (nSPS) is 12.7. The van der Waals surface area contributed by atoms with E-state index in [9.17, 15) is 18.0 Å². The SMILES string of the molecule is C[C@H](c1nnc(SCC(=O)Nc2cccc(C(F)(F)F)c2)n1Cc1ccccc1)N(C)C. The quantitative estimate of drug-likeness (QED) is 0.491. The van der Waals surface area contributed by atoms with Gasteiger partial charge in [0.1, 0.15) is 0 Å². The Bertz CT molecular complexity index is 1050. The fraction of sp³-hybridized carbons (Fsp3) is 0.318. The van der Waals surface area contributed by atoms with Crippen molar-refractivity contribution in [2.24, 2.45) is 0 Å². The molecule has 1 amide bonds. The maximum absolute atomic E-state index is 12.9. The number of thioether (sulfide) groups is 1. The van der Waals surface area contributed by atoms with Gasteiger partial charge in [-0.25, -0.2) is 0 Å². The number of nitrogens with one attached hydrogen (secondary N) is 1. The zero-order valence-corrected chi connectivity index (χ0v) is 18.7. The molecule has 1 N–H and O–H groups in total. The molecule has 10 heteroatoms. The van der Waals surface area contributed by atoms with Crippen molar-refractivity contribution in [2.75, 3.05) is 25.2 Å². The van der Waals surface area contributed by atoms with E-state index in [0.29, 0.717) is 11.7 Å². The summed E-state index contributed by atoms with van der Waals surface area (Å²) in [5, 5.41) is 11.7. The number of benzene rings is 2. The van der Waals surface area contributed by atoms with Crippen molar-refractivity contribution >= 4 is 23.4 Å². The van der Waals surface area contributed by atoms with Crippen molar-refractivity contribution in [3.63, 3.8) is 0 Å². The van der Waals surface area contributed by atoms with Gasteiger partial charge in [0.15, 0.2) is 11.0 Å². The number of hydrogen-bond acceptors (Lipinski definition) is 5. The zero-order valence-electron chi connectivity index (χ0n) is 17.9. The van der Waals surface area contributed by atoms with E-state index in [1.54, 1.807) is 0 Å². The Kier molecular flexibility index (Phi) is 7.57. The third-order valence-electron chi connectivity index (χ3n) is 4.88. The molecule has 3 rings (SSSR count). The average molecular weight is 464 g/mol. The van der Waals surface area contributed by atoms with Gasteiger partial charge in [-0.2, -0.15) is 13.2 Å². The lowest BCUT2D eigenvalue weighted by Gasteiger charge is -2.20. The highest BCUT2D eigenvalue weighted by molar-refractivity contribution is 7.99. The third-order valence-corrected chi connectivity index (χ3v) is 5.85. The Balaban J connectivity index is 1.73. The summed E-state index contributed by atoms with van der Waals surface area (Å²) < 4.78 is 40.6. The molecular formula is C22H24F3N5OS. The first-order valence-corrected chi connectivity index (χ1v) is 10.9. The Morgan fingerprint density at radius 3 is 2.50 bits per heavy atom. The second kappa shape index (κ2) is 10.2. The summed E-state index contributed by atoms with van der Waals surface area (Å²) in [6.07, 6.45) is -4.47. The van der Waals surface area contributed by atoms with Crippen LogP contribution in [0.5, 0.6) is 0 Å². The molecular weight excluding hydrogens is 439 g/mol. The van der Waals surface area contributed by atoms with Crippen LogP contribution in [-0.2, 0) is 17.5 Å². The third kappa shape index (κ3) is 6.10. The van der Waals surface area contributed by atoms with Gasteiger partial charge in [-0.05, 0) is 44.8 Å². The molecule has 0 saturated carbocycles. The van der Waals surface area contributed by atoms with Crippen LogP contribution in [0, 0.1) is 0 Å². The van der Waals surface area contributed by atoms with Gasteiger partial charge in [0, 0.05) is 5.69 Å². The molecule has 0 spiro atoms. The van der Waals surface area contributed by atoms with Gasteiger partial charge in [-0.15, -0.1) is 10.2 Å². The van der Waals surface area contributed by atoms with Crippen LogP contribution in [0.4, 0.5) is 18.9 Å². The van der Waals surface area contributed by atoms with E-state index < -0.39 is 17.6 Å². The van der Waals surface area contributed by atoms with E-state index in [1.807, 2.05) is 60.8 Å². The molecule has 0 aliphatic carbocycles. The second-order valence-electron chi connectivity index (χ2n) is 7.47. The molecule has 1 atom stereocenters. The summed E-state index contributed by atoms with van der Waals surface area (Å²) in [6, 6.07) is 14.4. The van der Waals surface area contributed by atoms with Crippen LogP contribution in [0.25, 0.3) is 0 Å². The monoisotopic (exact) mass is 463 g/mol. The highest BCUT2D eigenvalue weighted by Crippen LogP contribution is 2.31. The first-order valence-electron chi connectivity index (χ1n) is 9.88. The second-order valence-corrected chi connectivity index (χ2v) is 8.41. The molecule has 0 aliphatic heterocycles. The largest absolute Gasteiger partial charge is 0.416 e. The van der Waals surface area contributed by atoms with Crippen LogP contribution < -0.4 is 5.32 Å². The van der Waals surface area contributed by atoms with Crippen LogP contribution in [0.1, 0.15) is 29.9 Å². The molecule has 2 aromatic carbocycles. The number of nitrogens with zero attached hydrogens (tertiary/aromatic N) is 4. The lowest BCUT2D eigenvalue weighted by atomic mass is 10.2. The predicted octanol–water partition coefficient (Wildman–Crippen LogP) is 4.70. The summed E-state index contributed by atoms with van der Waals surface area (Å²) >= 11 is 1.19. The number of carbonyl (C=O) groups excluding carboxylic acids is 1.